The van der Waals surface area contributed by atoms with Gasteiger partial charge in [-0.25, -0.2) is 9.37 Å². The first-order valence-corrected chi connectivity index (χ1v) is 14.0. The molecule has 11 heteroatoms. The van der Waals surface area contributed by atoms with Crippen LogP contribution in [-0.4, -0.2) is 20.4 Å². The Morgan fingerprint density at radius 1 is 1.18 bits per heavy atom. The molecule has 6 rings (SSSR count). The number of pyridine rings is 1. The van der Waals surface area contributed by atoms with E-state index in [0.29, 0.717) is 45.8 Å². The molecule has 38 heavy (non-hydrogen) atoms. The number of benzene rings is 1. The van der Waals surface area contributed by atoms with Gasteiger partial charge in [0.25, 0.3) is 5.56 Å². The molecule has 192 valence electrons. The molecule has 0 bridgehead atoms. The van der Waals surface area contributed by atoms with Crippen LogP contribution in [0.5, 0.6) is 0 Å². The second-order valence-electron chi connectivity index (χ2n) is 8.94. The van der Waals surface area contributed by atoms with Crippen LogP contribution in [0.4, 0.5) is 10.1 Å². The minimum Gasteiger partial charge on any atom is -0.372 e. The van der Waals surface area contributed by atoms with E-state index in [9.17, 15) is 14.0 Å². The van der Waals surface area contributed by atoms with Crippen molar-refractivity contribution >= 4 is 56.0 Å². The number of rotatable bonds is 6. The van der Waals surface area contributed by atoms with Crippen LogP contribution >= 0.6 is 34.3 Å². The molecule has 7 nitrogen and oxygen atoms in total. The summed E-state index contributed by atoms with van der Waals surface area (Å²) in [5, 5.41) is 7.24. The van der Waals surface area contributed by atoms with Crippen LogP contribution in [0.25, 0.3) is 20.8 Å². The zero-order valence-electron chi connectivity index (χ0n) is 19.9. The van der Waals surface area contributed by atoms with Crippen LogP contribution in [0.3, 0.4) is 0 Å². The highest BCUT2D eigenvalue weighted by molar-refractivity contribution is 7.19. The van der Waals surface area contributed by atoms with Crippen LogP contribution < -0.4 is 16.2 Å². The fraction of sp³-hybridized carbons (Fsp3) is 0.185. The highest BCUT2D eigenvalue weighted by atomic mass is 35.5. The summed E-state index contributed by atoms with van der Waals surface area (Å²) in [5.41, 5.74) is 1.56. The van der Waals surface area contributed by atoms with E-state index in [1.165, 1.54) is 28.0 Å². The number of amides is 1. The summed E-state index contributed by atoms with van der Waals surface area (Å²) in [6, 6.07) is 13.6. The highest BCUT2D eigenvalue weighted by Crippen LogP contribution is 2.34. The van der Waals surface area contributed by atoms with Crippen LogP contribution in [0, 0.1) is 5.82 Å². The fourth-order valence-electron chi connectivity index (χ4n) is 4.58. The van der Waals surface area contributed by atoms with Gasteiger partial charge in [0.1, 0.15) is 18.0 Å². The molecule has 0 radical (unpaired) electrons. The van der Waals surface area contributed by atoms with Gasteiger partial charge in [-0.1, -0.05) is 23.7 Å². The average molecular weight is 566 g/mol. The van der Waals surface area contributed by atoms with Crippen molar-refractivity contribution in [3.8, 4) is 10.7 Å². The number of anilines is 1. The molecule has 0 saturated heterocycles. The summed E-state index contributed by atoms with van der Waals surface area (Å²) in [6.45, 7) is 0.148. The lowest BCUT2D eigenvalue weighted by Gasteiger charge is -2.27. The van der Waals surface area contributed by atoms with Gasteiger partial charge in [0.15, 0.2) is 5.82 Å². The number of carbonyl (C=O) groups is 1. The molecule has 1 amide bonds. The lowest BCUT2D eigenvalue weighted by Crippen LogP contribution is -2.36. The summed E-state index contributed by atoms with van der Waals surface area (Å²) < 4.78 is 16.5. The SMILES string of the molecule is O=C(Cn1c(-c2ccc(Cl)s2)nc2c(c1=O)N[C@H](c1ccc(F)cc1)CC2)NCc1cc2cnccc2s1. The lowest BCUT2D eigenvalue weighted by molar-refractivity contribution is -0.121. The number of hydrogen-bond donors (Lipinski definition) is 2. The third kappa shape index (κ3) is 4.94. The zero-order valence-corrected chi connectivity index (χ0v) is 22.3. The van der Waals surface area contributed by atoms with Crippen molar-refractivity contribution < 1.29 is 9.18 Å². The number of hydrogen-bond acceptors (Lipinski definition) is 7. The van der Waals surface area contributed by atoms with E-state index in [0.717, 1.165) is 20.5 Å². The number of halogens is 2. The highest BCUT2D eigenvalue weighted by Gasteiger charge is 2.27. The minimum atomic E-state index is -0.329. The molecule has 1 atom stereocenters. The van der Waals surface area contributed by atoms with Gasteiger partial charge in [0.2, 0.25) is 5.91 Å². The quantitative estimate of drug-likeness (QED) is 0.272. The van der Waals surface area contributed by atoms with E-state index < -0.39 is 0 Å². The molecule has 1 aliphatic heterocycles. The molecule has 0 fully saturated rings. The van der Waals surface area contributed by atoms with E-state index in [2.05, 4.69) is 15.6 Å². The first kappa shape index (κ1) is 24.7. The van der Waals surface area contributed by atoms with Crippen LogP contribution in [-0.2, 0) is 24.3 Å². The second-order valence-corrected chi connectivity index (χ2v) is 11.8. The molecule has 0 saturated carbocycles. The van der Waals surface area contributed by atoms with E-state index >= 15 is 0 Å². The molecule has 0 unspecified atom stereocenters. The van der Waals surface area contributed by atoms with Crippen molar-refractivity contribution in [2.45, 2.75) is 32.0 Å². The first-order valence-electron chi connectivity index (χ1n) is 11.9. The number of fused-ring (bicyclic) bond motifs is 2. The third-order valence-electron chi connectivity index (χ3n) is 6.43. The monoisotopic (exact) mass is 565 g/mol. The van der Waals surface area contributed by atoms with Gasteiger partial charge in [-0.15, -0.1) is 22.7 Å². The van der Waals surface area contributed by atoms with Gasteiger partial charge in [-0.2, -0.15) is 0 Å². The number of thiophene rings is 2. The summed E-state index contributed by atoms with van der Waals surface area (Å²) in [4.78, 5) is 37.4. The standard InChI is InChI=1S/C27H21ClFN5O2S2/c28-23-8-7-22(38-23)26-33-20-6-5-19(15-1-3-17(29)4-2-15)32-25(20)27(36)34(26)14-24(35)31-13-18-11-16-12-30-10-9-21(16)37-18/h1-4,7-12,19,32H,5-6,13-14H2,(H,31,35)/t19-/m0/s1. The Bertz CT molecular complexity index is 1680. The summed E-state index contributed by atoms with van der Waals surface area (Å²) in [7, 11) is 0. The van der Waals surface area contributed by atoms with Crippen molar-refractivity contribution in [1.29, 1.82) is 0 Å². The zero-order chi connectivity index (χ0) is 26.2. The Hall–Kier alpha value is -3.60. The van der Waals surface area contributed by atoms with Gasteiger partial charge in [0.05, 0.1) is 27.5 Å². The minimum absolute atomic E-state index is 0.163. The smallest absolute Gasteiger partial charge is 0.277 e. The largest absolute Gasteiger partial charge is 0.372 e. The van der Waals surface area contributed by atoms with Gasteiger partial charge in [-0.3, -0.25) is 19.1 Å². The van der Waals surface area contributed by atoms with E-state index in [1.807, 2.05) is 12.1 Å². The molecule has 5 aromatic rings. The van der Waals surface area contributed by atoms with Gasteiger partial charge >= 0.3 is 0 Å². The molecule has 4 aromatic heterocycles. The number of aryl methyl sites for hydroxylation is 1. The summed E-state index contributed by atoms with van der Waals surface area (Å²) in [6.07, 6.45) is 4.80. The lowest BCUT2D eigenvalue weighted by atomic mass is 9.96. The summed E-state index contributed by atoms with van der Waals surface area (Å²) >= 11 is 9.07. The van der Waals surface area contributed by atoms with E-state index in [4.69, 9.17) is 16.6 Å². The van der Waals surface area contributed by atoms with Crippen LogP contribution in [0.15, 0.2) is 65.7 Å². The molecule has 2 N–H and O–H groups in total. The van der Waals surface area contributed by atoms with Crippen LogP contribution in [0.1, 0.15) is 28.6 Å². The molecule has 1 aliphatic rings. The Morgan fingerprint density at radius 3 is 2.79 bits per heavy atom. The normalized spacial score (nSPS) is 14.7. The molecular formula is C27H21ClFN5O2S2. The fourth-order valence-corrected chi connectivity index (χ4v) is 6.59. The number of carbonyl (C=O) groups excluding carboxylic acids is 1. The number of nitrogens with one attached hydrogen (secondary N) is 2. The van der Waals surface area contributed by atoms with Crippen molar-refractivity contribution in [3.63, 3.8) is 0 Å². The predicted molar refractivity (Wildman–Crippen MR) is 149 cm³/mol. The van der Waals surface area contributed by atoms with Gasteiger partial charge in [0, 0.05) is 27.4 Å². The van der Waals surface area contributed by atoms with Crippen LogP contribution in [0.2, 0.25) is 4.34 Å². The van der Waals surface area contributed by atoms with Gasteiger partial charge in [-0.05, 0) is 54.8 Å². The molecule has 1 aromatic carbocycles. The Kier molecular flexibility index (Phi) is 6.69. The first-order chi connectivity index (χ1) is 18.4. The van der Waals surface area contributed by atoms with Crippen molar-refractivity contribution in [1.82, 2.24) is 19.9 Å². The van der Waals surface area contributed by atoms with Crippen molar-refractivity contribution in [2.24, 2.45) is 0 Å². The Labute approximate surface area is 230 Å². The maximum absolute atomic E-state index is 13.8. The Balaban J connectivity index is 1.29. The number of aromatic nitrogens is 3. The van der Waals surface area contributed by atoms with E-state index in [1.54, 1.807) is 48.0 Å². The molecular weight excluding hydrogens is 545 g/mol. The topological polar surface area (TPSA) is 88.9 Å². The molecule has 5 heterocycles. The van der Waals surface area contributed by atoms with Gasteiger partial charge < -0.3 is 10.6 Å². The van der Waals surface area contributed by atoms with Crippen molar-refractivity contribution in [2.75, 3.05) is 5.32 Å². The summed E-state index contributed by atoms with van der Waals surface area (Å²) in [5.74, 6) is -0.207. The maximum Gasteiger partial charge on any atom is 0.277 e. The van der Waals surface area contributed by atoms with E-state index in [-0.39, 0.29) is 29.9 Å². The third-order valence-corrected chi connectivity index (χ3v) is 8.77. The second kappa shape index (κ2) is 10.3. The van der Waals surface area contributed by atoms with Crippen molar-refractivity contribution in [3.05, 3.63) is 97.6 Å². The Morgan fingerprint density at radius 2 is 2.03 bits per heavy atom. The molecule has 0 spiro atoms. The molecule has 0 aliphatic carbocycles. The average Bonchev–Trinajstić information content (AvgIpc) is 3.55. The maximum atomic E-state index is 13.8. The number of nitrogens with zero attached hydrogens (tertiary/aromatic N) is 3. The predicted octanol–water partition coefficient (Wildman–Crippen LogP) is 5.79.